The maximum atomic E-state index is 10.8. The quantitative estimate of drug-likeness (QED) is 0.771. The molecule has 1 aromatic carbocycles. The van der Waals surface area contributed by atoms with Crippen molar-refractivity contribution >= 4 is 11.7 Å². The van der Waals surface area contributed by atoms with E-state index < -0.39 is 6.03 Å². The first-order valence-corrected chi connectivity index (χ1v) is 7.55. The predicted molar refractivity (Wildman–Crippen MR) is 82.6 cm³/mol. The van der Waals surface area contributed by atoms with Crippen molar-refractivity contribution < 1.29 is 4.79 Å². The molecule has 20 heavy (non-hydrogen) atoms. The highest BCUT2D eigenvalue weighted by Gasteiger charge is 2.14. The Morgan fingerprint density at radius 1 is 1.25 bits per heavy atom. The van der Waals surface area contributed by atoms with Gasteiger partial charge in [0.05, 0.1) is 0 Å². The van der Waals surface area contributed by atoms with Crippen LogP contribution in [0.25, 0.3) is 0 Å². The summed E-state index contributed by atoms with van der Waals surface area (Å²) < 4.78 is 0. The topological polar surface area (TPSA) is 67.2 Å². The van der Waals surface area contributed by atoms with Gasteiger partial charge >= 0.3 is 6.03 Å². The van der Waals surface area contributed by atoms with Crippen LogP contribution in [-0.4, -0.2) is 12.6 Å². The number of primary amides is 1. The number of rotatable bonds is 5. The van der Waals surface area contributed by atoms with Gasteiger partial charge in [-0.25, -0.2) is 4.79 Å². The average Bonchev–Trinajstić information content (AvgIpc) is 2.46. The molecule has 1 aliphatic carbocycles. The number of hydrogen-bond acceptors (Lipinski definition) is 2. The summed E-state index contributed by atoms with van der Waals surface area (Å²) in [7, 11) is 0. The molecule has 1 unspecified atom stereocenters. The third-order valence-corrected chi connectivity index (χ3v) is 4.12. The maximum absolute atomic E-state index is 10.8. The molecule has 0 spiro atoms. The van der Waals surface area contributed by atoms with Crippen LogP contribution in [0.15, 0.2) is 24.3 Å². The molecule has 0 aliphatic heterocycles. The molecule has 1 aliphatic rings. The molecule has 0 heterocycles. The van der Waals surface area contributed by atoms with Gasteiger partial charge in [-0.1, -0.05) is 31.4 Å². The Hall–Kier alpha value is -1.55. The molecule has 0 bridgehead atoms. The first-order valence-electron chi connectivity index (χ1n) is 7.55. The minimum absolute atomic E-state index is 0.333. The van der Waals surface area contributed by atoms with Crippen molar-refractivity contribution in [1.29, 1.82) is 0 Å². The van der Waals surface area contributed by atoms with Crippen LogP contribution < -0.4 is 16.4 Å². The average molecular weight is 275 g/mol. The van der Waals surface area contributed by atoms with Crippen molar-refractivity contribution in [2.24, 2.45) is 11.7 Å². The fourth-order valence-corrected chi connectivity index (χ4v) is 2.85. The zero-order valence-corrected chi connectivity index (χ0v) is 12.2. The zero-order chi connectivity index (χ0) is 14.4. The van der Waals surface area contributed by atoms with Gasteiger partial charge in [-0.05, 0) is 49.9 Å². The molecule has 1 saturated carbocycles. The smallest absolute Gasteiger partial charge is 0.316 e. The molecule has 2 amide bonds. The number of benzene rings is 1. The maximum Gasteiger partial charge on any atom is 0.316 e. The van der Waals surface area contributed by atoms with E-state index in [1.165, 1.54) is 37.7 Å². The summed E-state index contributed by atoms with van der Waals surface area (Å²) >= 11 is 0. The summed E-state index contributed by atoms with van der Waals surface area (Å²) in [4.78, 5) is 10.8. The van der Waals surface area contributed by atoms with Gasteiger partial charge in [0.1, 0.15) is 0 Å². The van der Waals surface area contributed by atoms with Crippen molar-refractivity contribution in [2.45, 2.75) is 45.1 Å². The molecule has 4 N–H and O–H groups in total. The van der Waals surface area contributed by atoms with E-state index in [0.717, 1.165) is 18.2 Å². The summed E-state index contributed by atoms with van der Waals surface area (Å²) in [5, 5.41) is 6.19. The fraction of sp³-hybridized carbons (Fsp3) is 0.562. The molecule has 0 aromatic heterocycles. The number of nitrogens with one attached hydrogen (secondary N) is 2. The number of urea groups is 1. The molecule has 0 radical (unpaired) electrons. The van der Waals surface area contributed by atoms with Crippen LogP contribution >= 0.6 is 0 Å². The van der Waals surface area contributed by atoms with E-state index in [0.29, 0.717) is 6.04 Å². The van der Waals surface area contributed by atoms with E-state index in [9.17, 15) is 4.79 Å². The molecule has 0 saturated heterocycles. The molecular weight excluding hydrogens is 250 g/mol. The summed E-state index contributed by atoms with van der Waals surface area (Å²) in [6, 6.07) is 7.64. The molecule has 1 aromatic rings. The lowest BCUT2D eigenvalue weighted by Gasteiger charge is -2.24. The Bertz CT molecular complexity index is 424. The van der Waals surface area contributed by atoms with E-state index in [4.69, 9.17) is 5.73 Å². The molecule has 1 atom stereocenters. The van der Waals surface area contributed by atoms with Crippen LogP contribution in [0.2, 0.25) is 0 Å². The van der Waals surface area contributed by atoms with E-state index in [1.807, 2.05) is 24.3 Å². The second kappa shape index (κ2) is 7.29. The number of carbonyl (C=O) groups is 1. The molecule has 110 valence electrons. The SMILES string of the molecule is CC(NCC1CCCCC1)c1ccc(NC(N)=O)cc1. The second-order valence-corrected chi connectivity index (χ2v) is 5.75. The van der Waals surface area contributed by atoms with E-state index in [-0.39, 0.29) is 0 Å². The third-order valence-electron chi connectivity index (χ3n) is 4.12. The first kappa shape index (κ1) is 14.9. The highest BCUT2D eigenvalue weighted by molar-refractivity contribution is 5.87. The number of carbonyl (C=O) groups excluding carboxylic acids is 1. The molecule has 1 fully saturated rings. The minimum atomic E-state index is -0.527. The van der Waals surface area contributed by atoms with Gasteiger partial charge < -0.3 is 16.4 Å². The van der Waals surface area contributed by atoms with Crippen molar-refractivity contribution in [1.82, 2.24) is 5.32 Å². The van der Waals surface area contributed by atoms with Crippen LogP contribution in [0, 0.1) is 5.92 Å². The van der Waals surface area contributed by atoms with Crippen LogP contribution in [-0.2, 0) is 0 Å². The normalized spacial score (nSPS) is 17.6. The Kier molecular flexibility index (Phi) is 5.41. The van der Waals surface area contributed by atoms with Gasteiger partial charge in [-0.2, -0.15) is 0 Å². The highest BCUT2D eigenvalue weighted by Crippen LogP contribution is 2.24. The van der Waals surface area contributed by atoms with Crippen LogP contribution in [0.3, 0.4) is 0 Å². The summed E-state index contributed by atoms with van der Waals surface area (Å²) in [6.45, 7) is 3.28. The van der Waals surface area contributed by atoms with Gasteiger partial charge in [0, 0.05) is 11.7 Å². The first-order chi connectivity index (χ1) is 9.65. The number of nitrogens with two attached hydrogens (primary N) is 1. The molecule has 4 heteroatoms. The Morgan fingerprint density at radius 2 is 1.90 bits per heavy atom. The van der Waals surface area contributed by atoms with E-state index >= 15 is 0 Å². The lowest BCUT2D eigenvalue weighted by molar-refractivity contribution is 0.259. The van der Waals surface area contributed by atoms with E-state index in [2.05, 4.69) is 17.6 Å². The highest BCUT2D eigenvalue weighted by atomic mass is 16.2. The fourth-order valence-electron chi connectivity index (χ4n) is 2.85. The third kappa shape index (κ3) is 4.53. The van der Waals surface area contributed by atoms with Gasteiger partial charge in [-0.15, -0.1) is 0 Å². The largest absolute Gasteiger partial charge is 0.351 e. The Morgan fingerprint density at radius 3 is 2.50 bits per heavy atom. The van der Waals surface area contributed by atoms with Crippen LogP contribution in [0.4, 0.5) is 10.5 Å². The van der Waals surface area contributed by atoms with Gasteiger partial charge in [0.15, 0.2) is 0 Å². The van der Waals surface area contributed by atoms with Crippen molar-refractivity contribution in [3.63, 3.8) is 0 Å². The Labute approximate surface area is 121 Å². The number of anilines is 1. The number of hydrogen-bond donors (Lipinski definition) is 3. The van der Waals surface area contributed by atoms with E-state index in [1.54, 1.807) is 0 Å². The second-order valence-electron chi connectivity index (χ2n) is 5.75. The van der Waals surface area contributed by atoms with Gasteiger partial charge in [-0.3, -0.25) is 0 Å². The van der Waals surface area contributed by atoms with Gasteiger partial charge in [0.2, 0.25) is 0 Å². The number of amides is 2. The van der Waals surface area contributed by atoms with Gasteiger partial charge in [0.25, 0.3) is 0 Å². The van der Waals surface area contributed by atoms with Crippen molar-refractivity contribution in [3.8, 4) is 0 Å². The summed E-state index contributed by atoms with van der Waals surface area (Å²) in [5.41, 5.74) is 7.06. The summed E-state index contributed by atoms with van der Waals surface area (Å²) in [5.74, 6) is 0.835. The molecular formula is C16H25N3O. The van der Waals surface area contributed by atoms with Crippen LogP contribution in [0.5, 0.6) is 0 Å². The lowest BCUT2D eigenvalue weighted by atomic mass is 9.89. The Balaban J connectivity index is 1.82. The predicted octanol–water partition coefficient (Wildman–Crippen LogP) is 3.41. The lowest BCUT2D eigenvalue weighted by Crippen LogP contribution is -2.27. The summed E-state index contributed by atoms with van der Waals surface area (Å²) in [6.07, 6.45) is 6.89. The van der Waals surface area contributed by atoms with Crippen LogP contribution in [0.1, 0.15) is 50.6 Å². The standard InChI is InChI=1S/C16H25N3O/c1-12(18-11-13-5-3-2-4-6-13)14-7-9-15(10-8-14)19-16(17)20/h7-10,12-13,18H,2-6,11H2,1H3,(H3,17,19,20). The zero-order valence-electron chi connectivity index (χ0n) is 12.2. The monoisotopic (exact) mass is 275 g/mol. The van der Waals surface area contributed by atoms with Crippen molar-refractivity contribution in [2.75, 3.05) is 11.9 Å². The van der Waals surface area contributed by atoms with Crippen molar-refractivity contribution in [3.05, 3.63) is 29.8 Å². The minimum Gasteiger partial charge on any atom is -0.351 e. The molecule has 4 nitrogen and oxygen atoms in total. The molecule has 2 rings (SSSR count).